The number of hydrogen-bond donors (Lipinski definition) is 4. The normalized spacial score (nSPS) is 23.5. The molecular formula is C26H24N4O5. The number of carbonyl (C=O) groups is 2. The highest BCUT2D eigenvalue weighted by atomic mass is 16.5. The Balaban J connectivity index is 1.49. The fraction of sp³-hybridized carbons (Fsp3) is 0.308. The van der Waals surface area contributed by atoms with E-state index in [-0.39, 0.29) is 23.5 Å². The molecule has 4 aliphatic rings. The fourth-order valence-corrected chi connectivity index (χ4v) is 6.13. The average Bonchev–Trinajstić information content (AvgIpc) is 3.46. The second kappa shape index (κ2) is 7.34. The molecule has 1 aliphatic carbocycles. The van der Waals surface area contributed by atoms with Gasteiger partial charge in [-0.3, -0.25) is 19.8 Å². The predicted molar refractivity (Wildman–Crippen MR) is 130 cm³/mol. The third kappa shape index (κ3) is 2.88. The Labute approximate surface area is 200 Å². The van der Waals surface area contributed by atoms with E-state index in [1.807, 2.05) is 12.2 Å². The molecule has 3 aromatic rings. The van der Waals surface area contributed by atoms with E-state index in [4.69, 9.17) is 4.74 Å². The number of ether oxygens (including phenoxy) is 1. The van der Waals surface area contributed by atoms with Crippen LogP contribution in [0.25, 0.3) is 21.8 Å². The van der Waals surface area contributed by atoms with Crippen LogP contribution in [0, 0.1) is 0 Å². The van der Waals surface area contributed by atoms with Crippen molar-refractivity contribution in [1.29, 1.82) is 0 Å². The van der Waals surface area contributed by atoms with E-state index in [1.54, 1.807) is 24.3 Å². The number of aliphatic hydroxyl groups excluding tert-OH is 1. The van der Waals surface area contributed by atoms with Gasteiger partial charge in [0.25, 0.3) is 11.8 Å². The van der Waals surface area contributed by atoms with Crippen LogP contribution in [0.3, 0.4) is 0 Å². The Hall–Kier alpha value is -3.82. The van der Waals surface area contributed by atoms with Gasteiger partial charge >= 0.3 is 0 Å². The average molecular weight is 473 g/mol. The number of aromatic amines is 1. The van der Waals surface area contributed by atoms with Crippen molar-refractivity contribution in [2.75, 3.05) is 44.3 Å². The minimum Gasteiger partial charge on any atom is -0.508 e. The summed E-state index contributed by atoms with van der Waals surface area (Å²) in [5, 5.41) is 24.4. The molecule has 4 N–H and O–H groups in total. The van der Waals surface area contributed by atoms with Crippen LogP contribution in [0.15, 0.2) is 42.2 Å². The number of nitrogens with one attached hydrogen (secondary N) is 2. The Morgan fingerprint density at radius 1 is 1.06 bits per heavy atom. The highest BCUT2D eigenvalue weighted by Gasteiger charge is 2.46. The number of carbonyl (C=O) groups excluding carboxylic acids is 2. The first-order valence-corrected chi connectivity index (χ1v) is 11.9. The van der Waals surface area contributed by atoms with Crippen LogP contribution in [-0.4, -0.2) is 77.3 Å². The molecule has 2 aromatic carbocycles. The quantitative estimate of drug-likeness (QED) is 0.433. The highest BCUT2D eigenvalue weighted by molar-refractivity contribution is 6.33. The van der Waals surface area contributed by atoms with Crippen molar-refractivity contribution in [3.8, 4) is 5.75 Å². The molecule has 2 amide bonds. The molecule has 0 radical (unpaired) electrons. The molecule has 0 spiro atoms. The Morgan fingerprint density at radius 2 is 1.86 bits per heavy atom. The molecule has 1 aromatic heterocycles. The predicted octanol–water partition coefficient (Wildman–Crippen LogP) is 2.53. The van der Waals surface area contributed by atoms with Crippen LogP contribution in [0.1, 0.15) is 32.2 Å². The van der Waals surface area contributed by atoms with Crippen molar-refractivity contribution >= 4 is 39.3 Å². The van der Waals surface area contributed by atoms with Crippen LogP contribution in [-0.2, 0) is 4.74 Å². The Bertz CT molecular complexity index is 1500. The monoisotopic (exact) mass is 472 g/mol. The number of amides is 2. The number of fused-ring (bicyclic) bond motifs is 10. The lowest BCUT2D eigenvalue weighted by atomic mass is 9.85. The number of morpholine rings is 1. The summed E-state index contributed by atoms with van der Waals surface area (Å²) in [6.07, 6.45) is 5.40. The number of nitrogens with zero attached hydrogens (tertiary/aromatic N) is 2. The number of H-pyrrole nitrogens is 1. The topological polar surface area (TPSA) is 118 Å². The van der Waals surface area contributed by atoms with Gasteiger partial charge in [0.15, 0.2) is 0 Å². The summed E-state index contributed by atoms with van der Waals surface area (Å²) in [6.45, 7) is 4.61. The molecular weight excluding hydrogens is 448 g/mol. The first-order chi connectivity index (χ1) is 17.0. The minimum atomic E-state index is -0.409. The first-order valence-electron chi connectivity index (χ1n) is 11.9. The summed E-state index contributed by atoms with van der Waals surface area (Å²) in [7, 11) is 0. The van der Waals surface area contributed by atoms with Gasteiger partial charge in [-0.05, 0) is 24.3 Å². The van der Waals surface area contributed by atoms with Gasteiger partial charge in [0.05, 0.1) is 47.1 Å². The SMILES string of the molecule is O=C1NC(=O)c2c1c1c(c3[nH]c4cc(O)ccc4c23)N(CCN2CCOCC2)C2C=C(O)C=CC12. The van der Waals surface area contributed by atoms with Crippen molar-refractivity contribution in [3.63, 3.8) is 0 Å². The van der Waals surface area contributed by atoms with Gasteiger partial charge in [0.1, 0.15) is 11.5 Å². The lowest BCUT2D eigenvalue weighted by Gasteiger charge is -2.33. The van der Waals surface area contributed by atoms with E-state index in [1.165, 1.54) is 0 Å². The number of aromatic hydroxyl groups is 1. The molecule has 35 heavy (non-hydrogen) atoms. The third-order valence-electron chi connectivity index (χ3n) is 7.65. The van der Waals surface area contributed by atoms with Crippen LogP contribution in [0.4, 0.5) is 5.69 Å². The van der Waals surface area contributed by atoms with Gasteiger partial charge in [-0.1, -0.05) is 6.08 Å². The summed E-state index contributed by atoms with van der Waals surface area (Å²) in [4.78, 5) is 34.2. The van der Waals surface area contributed by atoms with Crippen LogP contribution in [0.5, 0.6) is 5.75 Å². The number of phenolic OH excluding ortho intramolecular Hbond substituents is 1. The van der Waals surface area contributed by atoms with Crippen LogP contribution < -0.4 is 10.2 Å². The zero-order chi connectivity index (χ0) is 23.8. The summed E-state index contributed by atoms with van der Waals surface area (Å²) >= 11 is 0. The van der Waals surface area contributed by atoms with Crippen LogP contribution in [0.2, 0.25) is 0 Å². The molecule has 2 atom stereocenters. The second-order valence-corrected chi connectivity index (χ2v) is 9.51. The number of phenols is 1. The molecule has 9 heteroatoms. The maximum absolute atomic E-state index is 13.1. The minimum absolute atomic E-state index is 0.117. The van der Waals surface area contributed by atoms with E-state index < -0.39 is 11.8 Å². The molecule has 1 saturated heterocycles. The number of allylic oxidation sites excluding steroid dienone is 1. The van der Waals surface area contributed by atoms with Crippen molar-refractivity contribution in [3.05, 3.63) is 58.9 Å². The highest BCUT2D eigenvalue weighted by Crippen LogP contribution is 2.52. The maximum atomic E-state index is 13.1. The van der Waals surface area contributed by atoms with E-state index >= 15 is 0 Å². The van der Waals surface area contributed by atoms with Crippen molar-refractivity contribution < 1.29 is 24.5 Å². The van der Waals surface area contributed by atoms with Gasteiger partial charge in [-0.2, -0.15) is 0 Å². The summed E-state index contributed by atoms with van der Waals surface area (Å²) in [5.74, 6) is -0.678. The summed E-state index contributed by atoms with van der Waals surface area (Å²) < 4.78 is 5.49. The number of aliphatic hydroxyl groups is 1. The van der Waals surface area contributed by atoms with E-state index in [2.05, 4.69) is 20.1 Å². The zero-order valence-corrected chi connectivity index (χ0v) is 18.9. The number of rotatable bonds is 3. The maximum Gasteiger partial charge on any atom is 0.259 e. The smallest absolute Gasteiger partial charge is 0.259 e. The first kappa shape index (κ1) is 20.5. The largest absolute Gasteiger partial charge is 0.508 e. The molecule has 178 valence electrons. The van der Waals surface area contributed by atoms with Gasteiger partial charge < -0.3 is 24.8 Å². The van der Waals surface area contributed by atoms with Crippen molar-refractivity contribution in [2.45, 2.75) is 12.0 Å². The van der Waals surface area contributed by atoms with Gasteiger partial charge in [0.2, 0.25) is 0 Å². The zero-order valence-electron chi connectivity index (χ0n) is 18.9. The van der Waals surface area contributed by atoms with Gasteiger partial charge in [0, 0.05) is 54.5 Å². The molecule has 1 fully saturated rings. The van der Waals surface area contributed by atoms with E-state index in [0.717, 1.165) is 41.8 Å². The molecule has 7 rings (SSSR count). The number of anilines is 1. The van der Waals surface area contributed by atoms with Crippen molar-refractivity contribution in [1.82, 2.24) is 15.2 Å². The Kier molecular flexibility index (Phi) is 4.31. The number of benzene rings is 2. The molecule has 0 saturated carbocycles. The lowest BCUT2D eigenvalue weighted by molar-refractivity contribution is 0.0391. The standard InChI is InChI=1S/C26H24N4O5/c31-13-1-3-15-17(11-13)27-23-19(15)21-22(26(34)28-25(21)33)20-16-4-2-14(32)12-18(16)30(24(20)23)6-5-29-7-9-35-10-8-29/h1-4,11-12,16,18,27,31-32H,5-10H2,(H,28,33,34). The molecule has 0 bridgehead atoms. The number of hydrogen-bond acceptors (Lipinski definition) is 7. The molecule has 2 unspecified atom stereocenters. The second-order valence-electron chi connectivity index (χ2n) is 9.51. The van der Waals surface area contributed by atoms with Crippen molar-refractivity contribution in [2.24, 2.45) is 0 Å². The number of imide groups is 1. The van der Waals surface area contributed by atoms with Gasteiger partial charge in [-0.15, -0.1) is 0 Å². The van der Waals surface area contributed by atoms with Crippen LogP contribution >= 0.6 is 0 Å². The summed E-state index contributed by atoms with van der Waals surface area (Å²) in [6, 6.07) is 4.81. The van der Waals surface area contributed by atoms with E-state index in [0.29, 0.717) is 41.8 Å². The third-order valence-corrected chi connectivity index (χ3v) is 7.65. The van der Waals surface area contributed by atoms with E-state index in [9.17, 15) is 19.8 Å². The fourth-order valence-electron chi connectivity index (χ4n) is 6.13. The molecule has 9 nitrogen and oxygen atoms in total. The lowest BCUT2D eigenvalue weighted by Crippen LogP contribution is -2.43. The number of aromatic nitrogens is 1. The van der Waals surface area contributed by atoms with Gasteiger partial charge in [-0.25, -0.2) is 0 Å². The molecule has 4 heterocycles. The summed E-state index contributed by atoms with van der Waals surface area (Å²) in [5.41, 5.74) is 3.93. The molecule has 3 aliphatic heterocycles. The Morgan fingerprint density at radius 3 is 2.69 bits per heavy atom.